The van der Waals surface area contributed by atoms with Gasteiger partial charge in [0, 0.05) is 19.2 Å². The topological polar surface area (TPSA) is 56.7 Å². The molecular weight excluding hydrogens is 192 g/mol. The Morgan fingerprint density at radius 2 is 2.07 bits per heavy atom. The first kappa shape index (κ1) is 9.89. The maximum atomic E-state index is 5.55. The van der Waals surface area contributed by atoms with E-state index in [0.29, 0.717) is 11.8 Å². The molecule has 0 saturated carbocycles. The molecule has 0 aliphatic rings. The van der Waals surface area contributed by atoms with Crippen LogP contribution in [0.1, 0.15) is 31.4 Å². The minimum absolute atomic E-state index is 0.253. The van der Waals surface area contributed by atoms with Gasteiger partial charge < -0.3 is 4.42 Å². The van der Waals surface area contributed by atoms with Crippen molar-refractivity contribution in [1.82, 2.24) is 20.0 Å². The van der Waals surface area contributed by atoms with Crippen LogP contribution in [0.25, 0.3) is 11.5 Å². The number of aromatic nitrogens is 4. The molecule has 0 aliphatic carbocycles. The Labute approximate surface area is 88.1 Å². The lowest BCUT2D eigenvalue weighted by Crippen LogP contribution is -1.86. The Hall–Kier alpha value is -1.65. The molecule has 2 rings (SSSR count). The number of nitrogens with zero attached hydrogens (tertiary/aromatic N) is 4. The van der Waals surface area contributed by atoms with Crippen molar-refractivity contribution in [2.24, 2.45) is 7.05 Å². The highest BCUT2D eigenvalue weighted by Crippen LogP contribution is 2.23. The van der Waals surface area contributed by atoms with Gasteiger partial charge >= 0.3 is 0 Å². The van der Waals surface area contributed by atoms with E-state index in [0.717, 1.165) is 11.3 Å². The van der Waals surface area contributed by atoms with Gasteiger partial charge in [-0.05, 0) is 6.92 Å². The first-order valence-electron chi connectivity index (χ1n) is 4.92. The summed E-state index contributed by atoms with van der Waals surface area (Å²) in [4.78, 5) is 0. The second-order valence-corrected chi connectivity index (χ2v) is 3.90. The Morgan fingerprint density at radius 3 is 2.53 bits per heavy atom. The quantitative estimate of drug-likeness (QED) is 0.753. The predicted octanol–water partition coefficient (Wildman–Crippen LogP) is 1.90. The van der Waals surface area contributed by atoms with Gasteiger partial charge in [0.05, 0.1) is 11.3 Å². The Balaban J connectivity index is 2.41. The lowest BCUT2D eigenvalue weighted by molar-refractivity contribution is 0.481. The summed E-state index contributed by atoms with van der Waals surface area (Å²) in [5.41, 5.74) is 1.80. The van der Waals surface area contributed by atoms with Gasteiger partial charge in [-0.15, -0.1) is 10.2 Å². The maximum absolute atomic E-state index is 5.55. The molecule has 15 heavy (non-hydrogen) atoms. The van der Waals surface area contributed by atoms with E-state index in [1.807, 2.05) is 34.0 Å². The molecule has 0 radical (unpaired) electrons. The summed E-state index contributed by atoms with van der Waals surface area (Å²) in [6.07, 6.45) is 1.88. The van der Waals surface area contributed by atoms with Gasteiger partial charge in [0.15, 0.2) is 0 Å². The molecule has 0 spiro atoms. The second kappa shape index (κ2) is 3.49. The second-order valence-electron chi connectivity index (χ2n) is 3.90. The Bertz CT molecular complexity index is 469. The third kappa shape index (κ3) is 1.77. The summed E-state index contributed by atoms with van der Waals surface area (Å²) in [6.45, 7) is 5.97. The fourth-order valence-electron chi connectivity index (χ4n) is 1.39. The number of rotatable bonds is 2. The van der Waals surface area contributed by atoms with Crippen LogP contribution in [0, 0.1) is 6.92 Å². The molecule has 5 nitrogen and oxygen atoms in total. The molecule has 0 N–H and O–H groups in total. The van der Waals surface area contributed by atoms with Crippen LogP contribution in [0.4, 0.5) is 0 Å². The molecule has 0 aromatic carbocycles. The lowest BCUT2D eigenvalue weighted by Gasteiger charge is -1.94. The first-order valence-corrected chi connectivity index (χ1v) is 4.92. The summed E-state index contributed by atoms with van der Waals surface area (Å²) in [6, 6.07) is 0. The van der Waals surface area contributed by atoms with Crippen LogP contribution in [-0.2, 0) is 7.05 Å². The van der Waals surface area contributed by atoms with E-state index in [4.69, 9.17) is 4.42 Å². The molecule has 0 saturated heterocycles. The molecule has 2 aromatic heterocycles. The molecule has 0 fully saturated rings. The first-order chi connectivity index (χ1) is 7.08. The van der Waals surface area contributed by atoms with E-state index in [1.165, 1.54) is 0 Å². The van der Waals surface area contributed by atoms with Crippen LogP contribution in [0.2, 0.25) is 0 Å². The van der Waals surface area contributed by atoms with Crippen molar-refractivity contribution < 1.29 is 4.42 Å². The molecule has 0 aliphatic heterocycles. The molecule has 0 bridgehead atoms. The smallest absolute Gasteiger partial charge is 0.251 e. The fraction of sp³-hybridized carbons (Fsp3) is 0.500. The van der Waals surface area contributed by atoms with Crippen LogP contribution in [0.3, 0.4) is 0 Å². The summed E-state index contributed by atoms with van der Waals surface area (Å²) in [7, 11) is 1.87. The lowest BCUT2D eigenvalue weighted by atomic mass is 10.2. The van der Waals surface area contributed by atoms with Crippen molar-refractivity contribution in [3.8, 4) is 11.5 Å². The van der Waals surface area contributed by atoms with E-state index in [1.54, 1.807) is 4.68 Å². The zero-order chi connectivity index (χ0) is 11.0. The summed E-state index contributed by atoms with van der Waals surface area (Å²) in [5, 5.41) is 12.2. The van der Waals surface area contributed by atoms with Crippen LogP contribution in [-0.4, -0.2) is 20.0 Å². The van der Waals surface area contributed by atoms with Gasteiger partial charge in [-0.1, -0.05) is 13.8 Å². The van der Waals surface area contributed by atoms with Crippen molar-refractivity contribution in [2.75, 3.05) is 0 Å². The molecule has 80 valence electrons. The van der Waals surface area contributed by atoms with E-state index >= 15 is 0 Å². The summed E-state index contributed by atoms with van der Waals surface area (Å²) < 4.78 is 7.29. The SMILES string of the molecule is Cc1nn(C)cc1-c1nnc(C(C)C)o1. The third-order valence-corrected chi connectivity index (χ3v) is 2.18. The average molecular weight is 206 g/mol. The monoisotopic (exact) mass is 206 g/mol. The highest BCUT2D eigenvalue weighted by molar-refractivity contribution is 5.54. The average Bonchev–Trinajstić information content (AvgIpc) is 2.71. The fourth-order valence-corrected chi connectivity index (χ4v) is 1.39. The third-order valence-electron chi connectivity index (χ3n) is 2.18. The van der Waals surface area contributed by atoms with Crippen molar-refractivity contribution in [2.45, 2.75) is 26.7 Å². The minimum atomic E-state index is 0.253. The van der Waals surface area contributed by atoms with E-state index in [2.05, 4.69) is 15.3 Å². The van der Waals surface area contributed by atoms with Crippen molar-refractivity contribution in [3.63, 3.8) is 0 Å². The van der Waals surface area contributed by atoms with Gasteiger partial charge in [-0.3, -0.25) is 4.68 Å². The Morgan fingerprint density at radius 1 is 1.33 bits per heavy atom. The minimum Gasteiger partial charge on any atom is -0.420 e. The highest BCUT2D eigenvalue weighted by atomic mass is 16.4. The van der Waals surface area contributed by atoms with E-state index in [9.17, 15) is 0 Å². The zero-order valence-electron chi connectivity index (χ0n) is 9.35. The van der Waals surface area contributed by atoms with Crippen LogP contribution >= 0.6 is 0 Å². The molecule has 2 aromatic rings. The normalized spacial score (nSPS) is 11.3. The molecular formula is C10H14N4O. The van der Waals surface area contributed by atoms with Crippen molar-refractivity contribution >= 4 is 0 Å². The summed E-state index contributed by atoms with van der Waals surface area (Å²) in [5.74, 6) is 1.46. The maximum Gasteiger partial charge on any atom is 0.251 e. The van der Waals surface area contributed by atoms with E-state index < -0.39 is 0 Å². The van der Waals surface area contributed by atoms with Crippen LogP contribution < -0.4 is 0 Å². The van der Waals surface area contributed by atoms with Crippen LogP contribution in [0.5, 0.6) is 0 Å². The van der Waals surface area contributed by atoms with Gasteiger partial charge in [0.2, 0.25) is 5.89 Å². The molecule has 5 heteroatoms. The largest absolute Gasteiger partial charge is 0.420 e. The highest BCUT2D eigenvalue weighted by Gasteiger charge is 2.14. The van der Waals surface area contributed by atoms with Crippen molar-refractivity contribution in [3.05, 3.63) is 17.8 Å². The Kier molecular flexibility index (Phi) is 2.30. The van der Waals surface area contributed by atoms with Gasteiger partial charge in [-0.25, -0.2) is 0 Å². The molecule has 2 heterocycles. The van der Waals surface area contributed by atoms with E-state index in [-0.39, 0.29) is 5.92 Å². The van der Waals surface area contributed by atoms with Crippen molar-refractivity contribution in [1.29, 1.82) is 0 Å². The summed E-state index contributed by atoms with van der Waals surface area (Å²) >= 11 is 0. The number of hydrogen-bond acceptors (Lipinski definition) is 4. The number of aryl methyl sites for hydroxylation is 2. The zero-order valence-corrected chi connectivity index (χ0v) is 9.35. The van der Waals surface area contributed by atoms with Gasteiger partial charge in [0.25, 0.3) is 5.89 Å². The standard InChI is InChI=1S/C10H14N4O/c1-6(2)9-11-12-10(15-9)8-5-14(4)13-7(8)3/h5-6H,1-4H3. The van der Waals surface area contributed by atoms with Gasteiger partial charge in [-0.2, -0.15) is 5.10 Å². The molecule has 0 unspecified atom stereocenters. The van der Waals surface area contributed by atoms with Crippen LogP contribution in [0.15, 0.2) is 10.6 Å². The molecule has 0 atom stereocenters. The van der Waals surface area contributed by atoms with Gasteiger partial charge in [0.1, 0.15) is 0 Å². The molecule has 0 amide bonds. The predicted molar refractivity (Wildman–Crippen MR) is 55.3 cm³/mol. The number of hydrogen-bond donors (Lipinski definition) is 0.